The highest BCUT2D eigenvalue weighted by Crippen LogP contribution is 2.28. The van der Waals surface area contributed by atoms with Crippen LogP contribution in [0.2, 0.25) is 0 Å². The number of benzene rings is 1. The largest absolute Gasteiger partial charge is 0.496 e. The summed E-state index contributed by atoms with van der Waals surface area (Å²) in [4.78, 5) is 17.0. The maximum atomic E-state index is 13.0. The van der Waals surface area contributed by atoms with Gasteiger partial charge in [-0.25, -0.2) is 13.4 Å². The third kappa shape index (κ3) is 6.02. The first-order valence-electron chi connectivity index (χ1n) is 10.8. The van der Waals surface area contributed by atoms with Gasteiger partial charge in [-0.2, -0.15) is 4.31 Å². The third-order valence-corrected chi connectivity index (χ3v) is 8.73. The van der Waals surface area contributed by atoms with E-state index in [9.17, 15) is 13.2 Å². The van der Waals surface area contributed by atoms with Crippen molar-refractivity contribution in [2.75, 3.05) is 14.2 Å². The topological polar surface area (TPSA) is 88.6 Å². The summed E-state index contributed by atoms with van der Waals surface area (Å²) >= 11 is 1.29. The minimum Gasteiger partial charge on any atom is -0.496 e. The number of amides is 1. The lowest BCUT2D eigenvalue weighted by Crippen LogP contribution is -2.38. The van der Waals surface area contributed by atoms with Gasteiger partial charge in [-0.3, -0.25) is 4.79 Å². The van der Waals surface area contributed by atoms with Crippen LogP contribution in [0.3, 0.4) is 0 Å². The Kier molecular flexibility index (Phi) is 8.56. The van der Waals surface area contributed by atoms with E-state index in [1.165, 1.54) is 28.7 Å². The Morgan fingerprint density at radius 1 is 1.22 bits per heavy atom. The number of sulfonamides is 1. The number of nitrogens with one attached hydrogen (secondary N) is 1. The monoisotopic (exact) mass is 477 g/mol. The van der Waals surface area contributed by atoms with Crippen molar-refractivity contribution >= 4 is 27.7 Å². The van der Waals surface area contributed by atoms with E-state index in [1.54, 1.807) is 33.2 Å². The van der Waals surface area contributed by atoms with Crippen LogP contribution in [0.1, 0.15) is 44.6 Å². The summed E-state index contributed by atoms with van der Waals surface area (Å²) in [5, 5.41) is 3.13. The van der Waals surface area contributed by atoms with Crippen molar-refractivity contribution in [1.82, 2.24) is 14.6 Å². The molecule has 1 aliphatic carbocycles. The van der Waals surface area contributed by atoms with Crippen LogP contribution in [0, 0.1) is 0 Å². The summed E-state index contributed by atoms with van der Waals surface area (Å²) in [7, 11) is -0.322. The second-order valence-corrected chi connectivity index (χ2v) is 11.3. The molecule has 7 nitrogen and oxygen atoms in total. The molecular weight excluding hydrogens is 446 g/mol. The normalized spacial score (nSPS) is 16.0. The van der Waals surface area contributed by atoms with Crippen molar-refractivity contribution in [2.45, 2.75) is 66.8 Å². The molecule has 32 heavy (non-hydrogen) atoms. The molecule has 0 bridgehead atoms. The highest BCUT2D eigenvalue weighted by Gasteiger charge is 2.29. The average Bonchev–Trinajstić information content (AvgIpc) is 2.83. The summed E-state index contributed by atoms with van der Waals surface area (Å²) in [6, 6.07) is 10.8. The maximum Gasteiger partial charge on any atom is 0.244 e. The fraction of sp³-hybridized carbons (Fsp3) is 0.478. The van der Waals surface area contributed by atoms with Gasteiger partial charge in [-0.05, 0) is 38.0 Å². The molecule has 1 aliphatic rings. The molecule has 174 valence electrons. The number of ether oxygens (including phenoxy) is 1. The maximum absolute atomic E-state index is 13.0. The number of carbonyl (C=O) groups excluding carboxylic acids is 1. The zero-order chi connectivity index (χ0) is 23.1. The predicted octanol–water partition coefficient (Wildman–Crippen LogP) is 3.84. The van der Waals surface area contributed by atoms with E-state index in [2.05, 4.69) is 10.3 Å². The van der Waals surface area contributed by atoms with Gasteiger partial charge in [0.15, 0.2) is 0 Å². The lowest BCUT2D eigenvalue weighted by Gasteiger charge is -2.30. The van der Waals surface area contributed by atoms with Crippen LogP contribution in [0.4, 0.5) is 0 Å². The number of rotatable bonds is 9. The molecule has 1 fully saturated rings. The number of carbonyl (C=O) groups is 1. The number of hydrogen-bond acceptors (Lipinski definition) is 6. The van der Waals surface area contributed by atoms with Crippen LogP contribution in [0.25, 0.3) is 0 Å². The Bertz CT molecular complexity index is 1010. The molecule has 0 saturated heterocycles. The Hall–Kier alpha value is -2.10. The quantitative estimate of drug-likeness (QED) is 0.552. The Morgan fingerprint density at radius 3 is 2.59 bits per heavy atom. The Labute approximate surface area is 195 Å². The van der Waals surface area contributed by atoms with Gasteiger partial charge in [0.1, 0.15) is 10.6 Å². The van der Waals surface area contributed by atoms with Gasteiger partial charge in [-0.15, -0.1) is 0 Å². The van der Waals surface area contributed by atoms with Crippen molar-refractivity contribution in [3.63, 3.8) is 0 Å². The van der Waals surface area contributed by atoms with Gasteiger partial charge in [0.05, 0.1) is 17.4 Å². The molecule has 9 heteroatoms. The predicted molar refractivity (Wildman–Crippen MR) is 126 cm³/mol. The SMILES string of the molecule is COc1ccccc1CNC(=O)C(C)Sc1ccc(S(=O)(=O)N(C)C2CCCCC2)cn1. The number of thioether (sulfide) groups is 1. The smallest absolute Gasteiger partial charge is 0.244 e. The second-order valence-electron chi connectivity index (χ2n) is 7.93. The minimum atomic E-state index is -3.58. The number of aromatic nitrogens is 1. The number of para-hydroxylation sites is 1. The molecule has 1 amide bonds. The fourth-order valence-electron chi connectivity index (χ4n) is 3.81. The van der Waals surface area contributed by atoms with E-state index >= 15 is 0 Å². The number of nitrogens with zero attached hydrogens (tertiary/aromatic N) is 2. The van der Waals surface area contributed by atoms with Gasteiger partial charge in [-0.1, -0.05) is 49.2 Å². The summed E-state index contributed by atoms with van der Waals surface area (Å²) in [6.45, 7) is 2.16. The van der Waals surface area contributed by atoms with Crippen LogP contribution in [0.15, 0.2) is 52.5 Å². The first kappa shape index (κ1) is 24.5. The van der Waals surface area contributed by atoms with Crippen molar-refractivity contribution in [3.05, 3.63) is 48.2 Å². The molecule has 1 atom stereocenters. The van der Waals surface area contributed by atoms with Gasteiger partial charge >= 0.3 is 0 Å². The molecule has 1 aromatic carbocycles. The molecule has 1 aromatic heterocycles. The molecule has 1 heterocycles. The van der Waals surface area contributed by atoms with E-state index in [0.29, 0.717) is 11.6 Å². The van der Waals surface area contributed by atoms with E-state index in [0.717, 1.165) is 37.0 Å². The molecule has 1 N–H and O–H groups in total. The van der Waals surface area contributed by atoms with Crippen molar-refractivity contribution < 1.29 is 17.9 Å². The Balaban J connectivity index is 1.57. The highest BCUT2D eigenvalue weighted by molar-refractivity contribution is 8.00. The molecule has 0 aliphatic heterocycles. The number of methoxy groups -OCH3 is 1. The second kappa shape index (κ2) is 11.2. The van der Waals surface area contributed by atoms with E-state index < -0.39 is 10.0 Å². The van der Waals surface area contributed by atoms with E-state index in [1.807, 2.05) is 24.3 Å². The van der Waals surface area contributed by atoms with Gasteiger partial charge < -0.3 is 10.1 Å². The van der Waals surface area contributed by atoms with Crippen LogP contribution in [-0.2, 0) is 21.4 Å². The number of hydrogen-bond donors (Lipinski definition) is 1. The van der Waals surface area contributed by atoms with Crippen molar-refractivity contribution in [2.24, 2.45) is 0 Å². The lowest BCUT2D eigenvalue weighted by molar-refractivity contribution is -0.120. The molecule has 0 spiro atoms. The van der Waals surface area contributed by atoms with Gasteiger partial charge in [0.2, 0.25) is 15.9 Å². The summed E-state index contributed by atoms with van der Waals surface area (Å²) in [5.41, 5.74) is 0.898. The third-order valence-electron chi connectivity index (χ3n) is 5.79. The zero-order valence-electron chi connectivity index (χ0n) is 18.8. The minimum absolute atomic E-state index is 0.0507. The average molecular weight is 478 g/mol. The summed E-state index contributed by atoms with van der Waals surface area (Å²) in [6.07, 6.45) is 6.49. The molecule has 2 aromatic rings. The molecule has 1 unspecified atom stereocenters. The zero-order valence-corrected chi connectivity index (χ0v) is 20.4. The summed E-state index contributed by atoms with van der Waals surface area (Å²) in [5.74, 6) is 0.598. The van der Waals surface area contributed by atoms with Gasteiger partial charge in [0.25, 0.3) is 0 Å². The van der Waals surface area contributed by atoms with Gasteiger partial charge in [0, 0.05) is 31.4 Å². The van der Waals surface area contributed by atoms with Crippen LogP contribution >= 0.6 is 11.8 Å². The number of pyridine rings is 1. The van der Waals surface area contributed by atoms with Crippen LogP contribution in [-0.4, -0.2) is 49.1 Å². The molecule has 3 rings (SSSR count). The van der Waals surface area contributed by atoms with Crippen LogP contribution in [0.5, 0.6) is 5.75 Å². The first-order valence-corrected chi connectivity index (χ1v) is 13.1. The standard InChI is InChI=1S/C23H31N3O4S2/c1-17(23(27)25-15-18-9-7-8-12-21(18)30-3)31-22-14-13-20(16-24-22)32(28,29)26(2)19-10-5-4-6-11-19/h7-9,12-14,16-17,19H,4-6,10-11,15H2,1-3H3,(H,25,27). The lowest BCUT2D eigenvalue weighted by atomic mass is 9.96. The molecular formula is C23H31N3O4S2. The van der Waals surface area contributed by atoms with Crippen molar-refractivity contribution in [1.29, 1.82) is 0 Å². The van der Waals surface area contributed by atoms with Crippen molar-refractivity contribution in [3.8, 4) is 5.75 Å². The molecule has 0 radical (unpaired) electrons. The van der Waals surface area contributed by atoms with Crippen LogP contribution < -0.4 is 10.1 Å². The van der Waals surface area contributed by atoms with E-state index in [-0.39, 0.29) is 22.1 Å². The summed E-state index contributed by atoms with van der Waals surface area (Å²) < 4.78 is 32.7. The fourth-order valence-corrected chi connectivity index (χ4v) is 5.98. The highest BCUT2D eigenvalue weighted by atomic mass is 32.2. The molecule has 1 saturated carbocycles. The van der Waals surface area contributed by atoms with E-state index in [4.69, 9.17) is 4.74 Å². The first-order chi connectivity index (χ1) is 15.3. The Morgan fingerprint density at radius 2 is 1.94 bits per heavy atom.